The second-order valence-corrected chi connectivity index (χ2v) is 8.05. The third kappa shape index (κ3) is 6.42. The lowest BCUT2D eigenvalue weighted by Crippen LogP contribution is -3.11. The molecule has 0 aliphatic carbocycles. The number of fused-ring (bicyclic) bond motifs is 1. The van der Waals surface area contributed by atoms with E-state index in [1.807, 2.05) is 24.4 Å². The summed E-state index contributed by atoms with van der Waals surface area (Å²) in [5.41, 5.74) is 1.60. The van der Waals surface area contributed by atoms with Gasteiger partial charge in [0.1, 0.15) is 25.3 Å². The van der Waals surface area contributed by atoms with Crippen LogP contribution < -0.4 is 19.7 Å². The van der Waals surface area contributed by atoms with Crippen molar-refractivity contribution in [1.29, 1.82) is 0 Å². The van der Waals surface area contributed by atoms with Crippen molar-refractivity contribution in [2.45, 2.75) is 26.9 Å². The molecule has 0 atom stereocenters. The Morgan fingerprint density at radius 2 is 1.83 bits per heavy atom. The molecule has 0 bridgehead atoms. The molecule has 0 unspecified atom stereocenters. The molecule has 0 spiro atoms. The molecule has 1 amide bonds. The van der Waals surface area contributed by atoms with E-state index >= 15 is 0 Å². The Morgan fingerprint density at radius 1 is 1.23 bits per heavy atom. The third-order valence-electron chi connectivity index (χ3n) is 4.27. The van der Waals surface area contributed by atoms with Crippen molar-refractivity contribution in [3.63, 3.8) is 0 Å². The number of nitrogens with one attached hydrogen (secondary N) is 3. The molecule has 1 aliphatic heterocycles. The zero-order valence-electron chi connectivity index (χ0n) is 17.1. The molecule has 0 radical (unpaired) electrons. The zero-order chi connectivity index (χ0) is 22.5. The van der Waals surface area contributed by atoms with Crippen LogP contribution in [0.25, 0.3) is 5.52 Å². The summed E-state index contributed by atoms with van der Waals surface area (Å²) in [6.07, 6.45) is -3.19. The number of halogens is 3. The molecule has 0 aromatic carbocycles. The van der Waals surface area contributed by atoms with Crippen molar-refractivity contribution in [2.24, 2.45) is 5.41 Å². The number of pyridine rings is 1. The number of nitrogens with zero attached hydrogens (tertiary/aromatic N) is 1. The van der Waals surface area contributed by atoms with Gasteiger partial charge in [-0.3, -0.25) is 4.79 Å². The Labute approximate surface area is 171 Å². The van der Waals surface area contributed by atoms with Crippen molar-refractivity contribution in [3.8, 4) is 0 Å². The molecule has 2 aromatic rings. The maximum absolute atomic E-state index is 12.6. The van der Waals surface area contributed by atoms with E-state index in [9.17, 15) is 18.0 Å². The number of aliphatic carboxylic acids is 1. The first-order valence-corrected chi connectivity index (χ1v) is 9.41. The van der Waals surface area contributed by atoms with E-state index in [2.05, 4.69) is 35.5 Å². The van der Waals surface area contributed by atoms with Crippen LogP contribution in [0.2, 0.25) is 0 Å². The van der Waals surface area contributed by atoms with Crippen LogP contribution in [0.5, 0.6) is 0 Å². The molecule has 1 saturated heterocycles. The average Bonchev–Trinajstić information content (AvgIpc) is 3.06. The fourth-order valence-corrected chi connectivity index (χ4v) is 2.80. The zero-order valence-corrected chi connectivity index (χ0v) is 17.1. The van der Waals surface area contributed by atoms with Gasteiger partial charge in [0.25, 0.3) is 5.91 Å². The normalized spacial score (nSPS) is 15.4. The van der Waals surface area contributed by atoms with E-state index in [1.165, 1.54) is 4.90 Å². The fourth-order valence-electron chi connectivity index (χ4n) is 2.80. The first-order chi connectivity index (χ1) is 13.9. The molecular formula is C19H26F3N4O4+. The van der Waals surface area contributed by atoms with Gasteiger partial charge in [-0.1, -0.05) is 26.8 Å². The number of amides is 1. The minimum absolute atomic E-state index is 0.0532. The lowest BCUT2D eigenvalue weighted by atomic mass is 9.97. The van der Waals surface area contributed by atoms with Gasteiger partial charge in [0, 0.05) is 6.54 Å². The van der Waals surface area contributed by atoms with Gasteiger partial charge in [-0.05, 0) is 17.5 Å². The average molecular weight is 431 g/mol. The molecule has 8 nitrogen and oxygen atoms in total. The topological polar surface area (TPSA) is 103 Å². The third-order valence-corrected chi connectivity index (χ3v) is 4.27. The van der Waals surface area contributed by atoms with Gasteiger partial charge in [0.05, 0.1) is 13.2 Å². The number of aromatic amines is 1. The SMILES string of the molecule is CC(C)(C)CNC(=O)c1[nH]c([NH+]2CCOCC2)[n+]2ccccc12.O=C([O-])C(F)(F)F. The smallest absolute Gasteiger partial charge is 0.457 e. The van der Waals surface area contributed by atoms with Crippen LogP contribution in [0.4, 0.5) is 19.1 Å². The number of imidazole rings is 1. The van der Waals surface area contributed by atoms with Crippen molar-refractivity contribution in [1.82, 2.24) is 10.3 Å². The van der Waals surface area contributed by atoms with Crippen LogP contribution in [0, 0.1) is 5.41 Å². The van der Waals surface area contributed by atoms with Crippen molar-refractivity contribution in [3.05, 3.63) is 30.1 Å². The number of carboxylic acids is 1. The first kappa shape index (κ1) is 23.6. The Balaban J connectivity index is 0.000000396. The van der Waals surface area contributed by atoms with Crippen LogP contribution in [-0.2, 0) is 9.53 Å². The number of carbonyl (C=O) groups is 2. The maximum Gasteiger partial charge on any atom is 0.457 e. The van der Waals surface area contributed by atoms with E-state index in [4.69, 9.17) is 14.6 Å². The molecule has 30 heavy (non-hydrogen) atoms. The number of rotatable bonds is 3. The van der Waals surface area contributed by atoms with Gasteiger partial charge >= 0.3 is 12.1 Å². The first-order valence-electron chi connectivity index (χ1n) is 9.41. The predicted octanol–water partition coefficient (Wildman–Crippen LogP) is -0.625. The molecule has 3 N–H and O–H groups in total. The standard InChI is InChI=1S/C17H24N4O2.C2HF3O2/c1-17(2,3)12-18-15(22)14-13-6-4-5-7-21(13)16(19-14)20-8-10-23-11-9-20;3-2(4,5)1(6)7/h4-7H,8-12H2,1-3H3,(H,18,22);(H,6,7)/p+1. The van der Waals surface area contributed by atoms with Crippen molar-refractivity contribution < 1.29 is 41.9 Å². The number of carbonyl (C=O) groups excluding carboxylic acids is 2. The van der Waals surface area contributed by atoms with E-state index in [0.717, 1.165) is 37.8 Å². The highest BCUT2D eigenvalue weighted by atomic mass is 19.4. The van der Waals surface area contributed by atoms with Gasteiger partial charge in [0.2, 0.25) is 5.69 Å². The van der Waals surface area contributed by atoms with Crippen molar-refractivity contribution in [2.75, 3.05) is 32.8 Å². The summed E-state index contributed by atoms with van der Waals surface area (Å²) in [7, 11) is 0. The molecular weight excluding hydrogens is 405 g/mol. The lowest BCUT2D eigenvalue weighted by Gasteiger charge is -2.18. The Kier molecular flexibility index (Phi) is 7.43. The summed E-state index contributed by atoms with van der Waals surface area (Å²) in [6, 6.07) is 5.93. The van der Waals surface area contributed by atoms with Crippen LogP contribution >= 0.6 is 0 Å². The molecule has 3 heterocycles. The molecule has 1 fully saturated rings. The van der Waals surface area contributed by atoms with Crippen LogP contribution in [0.1, 0.15) is 31.3 Å². The van der Waals surface area contributed by atoms with Gasteiger partial charge < -0.3 is 20.0 Å². The quantitative estimate of drug-likeness (QED) is 0.564. The minimum atomic E-state index is -5.19. The second-order valence-electron chi connectivity index (χ2n) is 8.05. The van der Waals surface area contributed by atoms with E-state index < -0.39 is 12.1 Å². The summed E-state index contributed by atoms with van der Waals surface area (Å²) in [5, 5.41) is 11.8. The summed E-state index contributed by atoms with van der Waals surface area (Å²) in [5.74, 6) is -2.04. The Hall–Kier alpha value is -2.66. The number of hydrogen-bond donors (Lipinski definition) is 3. The van der Waals surface area contributed by atoms with Crippen molar-refractivity contribution >= 4 is 23.3 Å². The number of ether oxygens (including phenoxy) is 1. The monoisotopic (exact) mass is 431 g/mol. The Morgan fingerprint density at radius 3 is 2.37 bits per heavy atom. The number of alkyl halides is 3. The summed E-state index contributed by atoms with van der Waals surface area (Å²) in [4.78, 5) is 26.1. The molecule has 2 aromatic heterocycles. The predicted molar refractivity (Wildman–Crippen MR) is 98.0 cm³/mol. The minimum Gasteiger partial charge on any atom is -0.542 e. The number of aromatic nitrogens is 2. The van der Waals surface area contributed by atoms with E-state index in [1.54, 1.807) is 0 Å². The number of morpholine rings is 1. The summed E-state index contributed by atoms with van der Waals surface area (Å²) >= 11 is 0. The van der Waals surface area contributed by atoms with Gasteiger partial charge in [-0.25, -0.2) is 4.90 Å². The van der Waals surface area contributed by atoms with Crippen LogP contribution in [0.3, 0.4) is 0 Å². The van der Waals surface area contributed by atoms with Crippen LogP contribution in [0.15, 0.2) is 24.4 Å². The second kappa shape index (κ2) is 9.43. The van der Waals surface area contributed by atoms with Crippen LogP contribution in [-0.4, -0.2) is 55.9 Å². The number of hydrogen-bond acceptors (Lipinski definition) is 4. The largest absolute Gasteiger partial charge is 0.542 e. The highest BCUT2D eigenvalue weighted by Gasteiger charge is 2.32. The number of quaternary nitrogens is 1. The highest BCUT2D eigenvalue weighted by molar-refractivity contribution is 5.98. The molecule has 1 aliphatic rings. The fraction of sp³-hybridized carbons (Fsp3) is 0.526. The summed E-state index contributed by atoms with van der Waals surface area (Å²) in [6.45, 7) is 10.3. The molecule has 166 valence electrons. The Bertz CT molecular complexity index is 884. The number of H-pyrrole nitrogens is 1. The molecule has 0 saturated carbocycles. The lowest BCUT2D eigenvalue weighted by molar-refractivity contribution is -0.889. The van der Waals surface area contributed by atoms with Gasteiger partial charge in [-0.2, -0.15) is 18.2 Å². The molecule has 3 rings (SSSR count). The van der Waals surface area contributed by atoms with Gasteiger partial charge in [0.15, 0.2) is 5.52 Å². The number of carboxylic acid groups (broad SMARTS) is 1. The highest BCUT2D eigenvalue weighted by Crippen LogP contribution is 2.13. The molecule has 11 heteroatoms. The maximum atomic E-state index is 12.6. The van der Waals surface area contributed by atoms with Gasteiger partial charge in [-0.15, -0.1) is 4.40 Å². The van der Waals surface area contributed by atoms with E-state index in [-0.39, 0.29) is 11.3 Å². The van der Waals surface area contributed by atoms with E-state index in [0.29, 0.717) is 12.2 Å². The summed E-state index contributed by atoms with van der Waals surface area (Å²) < 4.78 is 39.1.